The van der Waals surface area contributed by atoms with Crippen molar-refractivity contribution >= 4 is 33.6 Å². The number of ether oxygens (including phenoxy) is 2. The molecule has 2 aromatic rings. The molecule has 2 aromatic carbocycles. The number of anilines is 1. The zero-order chi connectivity index (χ0) is 22.1. The van der Waals surface area contributed by atoms with Gasteiger partial charge in [-0.15, -0.1) is 6.42 Å². The Kier molecular flexibility index (Phi) is 7.61. The lowest BCUT2D eigenvalue weighted by atomic mass is 10.1. The smallest absolute Gasteiger partial charge is 0.266 e. The first-order valence-corrected chi connectivity index (χ1v) is 10.5. The molecule has 0 saturated carbocycles. The van der Waals surface area contributed by atoms with Gasteiger partial charge in [0, 0.05) is 6.08 Å². The molecule has 2 N–H and O–H groups in total. The highest BCUT2D eigenvalue weighted by Crippen LogP contribution is 2.28. The van der Waals surface area contributed by atoms with Gasteiger partial charge in [-0.05, 0) is 35.9 Å². The van der Waals surface area contributed by atoms with Crippen molar-refractivity contribution in [1.29, 1.82) is 0 Å². The minimum absolute atomic E-state index is 0.0151. The van der Waals surface area contributed by atoms with Crippen molar-refractivity contribution in [3.05, 3.63) is 59.7 Å². The number of nitrogens with one attached hydrogen (secondary N) is 2. The molecule has 2 amide bonds. The largest absolute Gasteiger partial charge is 0.493 e. The van der Waals surface area contributed by atoms with Crippen LogP contribution < -0.4 is 19.5 Å². The number of hydrogen-bond donors (Lipinski definition) is 2. The van der Waals surface area contributed by atoms with Crippen LogP contribution in [-0.4, -0.2) is 40.2 Å². The topological polar surface area (TPSA) is 111 Å². The van der Waals surface area contributed by atoms with Crippen molar-refractivity contribution in [1.82, 2.24) is 4.72 Å². The number of benzene rings is 2. The number of sulfonamides is 1. The Bertz CT molecular complexity index is 1120. The van der Waals surface area contributed by atoms with Gasteiger partial charge in [-0.2, -0.15) is 0 Å². The fraction of sp³-hybridized carbons (Fsp3) is 0.143. The van der Waals surface area contributed by atoms with Crippen LogP contribution in [-0.2, 0) is 14.8 Å². The summed E-state index contributed by atoms with van der Waals surface area (Å²) in [4.78, 5) is 24.4. The SMILES string of the molecule is C#CCOc1ccc(/C=C/C(=O)Nc2ccccc2C(=O)NS(C)(=O)=O)cc1OC. The normalized spacial score (nSPS) is 10.8. The van der Waals surface area contributed by atoms with Crippen LogP contribution in [0.25, 0.3) is 6.08 Å². The molecular weight excluding hydrogens is 408 g/mol. The number of carbonyl (C=O) groups is 2. The van der Waals surface area contributed by atoms with Gasteiger partial charge < -0.3 is 14.8 Å². The van der Waals surface area contributed by atoms with Gasteiger partial charge in [-0.3, -0.25) is 9.59 Å². The Morgan fingerprint density at radius 2 is 1.90 bits per heavy atom. The van der Waals surface area contributed by atoms with E-state index in [9.17, 15) is 18.0 Å². The molecule has 0 aliphatic carbocycles. The summed E-state index contributed by atoms with van der Waals surface area (Å²) in [7, 11) is -2.26. The molecule has 0 bridgehead atoms. The molecule has 0 aliphatic heterocycles. The number of hydrogen-bond acceptors (Lipinski definition) is 6. The summed E-state index contributed by atoms with van der Waals surface area (Å²) in [5, 5.41) is 2.56. The Labute approximate surface area is 174 Å². The van der Waals surface area contributed by atoms with Gasteiger partial charge in [0.25, 0.3) is 5.91 Å². The molecule has 8 nitrogen and oxygen atoms in total. The highest BCUT2D eigenvalue weighted by atomic mass is 32.2. The van der Waals surface area contributed by atoms with Crippen LogP contribution in [0.5, 0.6) is 11.5 Å². The highest BCUT2D eigenvalue weighted by Gasteiger charge is 2.15. The first-order valence-electron chi connectivity index (χ1n) is 8.58. The van der Waals surface area contributed by atoms with E-state index in [0.29, 0.717) is 17.1 Å². The number of para-hydroxylation sites is 1. The fourth-order valence-corrected chi connectivity index (χ4v) is 2.83. The summed E-state index contributed by atoms with van der Waals surface area (Å²) in [5.74, 6) is 1.94. The number of carbonyl (C=O) groups excluding carboxylic acids is 2. The minimum atomic E-state index is -3.74. The molecule has 0 unspecified atom stereocenters. The van der Waals surface area contributed by atoms with Crippen molar-refractivity contribution in [2.24, 2.45) is 0 Å². The van der Waals surface area contributed by atoms with Gasteiger partial charge in [0.15, 0.2) is 11.5 Å². The molecule has 0 spiro atoms. The third-order valence-electron chi connectivity index (χ3n) is 3.63. The van der Waals surface area contributed by atoms with E-state index in [1.165, 1.54) is 25.3 Å². The van der Waals surface area contributed by atoms with Crippen LogP contribution >= 0.6 is 0 Å². The molecule has 0 aromatic heterocycles. The molecule has 9 heteroatoms. The van der Waals surface area contributed by atoms with Crippen molar-refractivity contribution in [2.45, 2.75) is 0 Å². The monoisotopic (exact) mass is 428 g/mol. The quantitative estimate of drug-likeness (QED) is 0.492. The van der Waals surface area contributed by atoms with Crippen molar-refractivity contribution in [3.8, 4) is 23.8 Å². The fourth-order valence-electron chi connectivity index (χ4n) is 2.39. The van der Waals surface area contributed by atoms with E-state index < -0.39 is 21.8 Å². The molecule has 156 valence electrons. The van der Waals surface area contributed by atoms with E-state index in [0.717, 1.165) is 6.26 Å². The lowest BCUT2D eigenvalue weighted by Crippen LogP contribution is -2.30. The average molecular weight is 428 g/mol. The Morgan fingerprint density at radius 1 is 1.17 bits per heavy atom. The number of terminal acetylenes is 1. The maximum absolute atomic E-state index is 12.3. The summed E-state index contributed by atoms with van der Waals surface area (Å²) in [6.45, 7) is 0.0975. The standard InChI is InChI=1S/C21H20N2O6S/c1-4-13-29-18-11-9-15(14-19(18)28-2)10-12-20(24)22-17-8-6-5-7-16(17)21(25)23-30(3,26)27/h1,5-12,14H,13H2,2-3H3,(H,22,24)(H,23,25)/b12-10+. The number of methoxy groups -OCH3 is 1. The number of amides is 2. The van der Waals surface area contributed by atoms with Gasteiger partial charge in [0.05, 0.1) is 24.6 Å². The molecule has 0 atom stereocenters. The second-order valence-corrected chi connectivity index (χ2v) is 7.72. The molecule has 2 rings (SSSR count). The third-order valence-corrected chi connectivity index (χ3v) is 4.19. The van der Waals surface area contributed by atoms with Crippen LogP contribution in [0.15, 0.2) is 48.5 Å². The second kappa shape index (κ2) is 10.1. The Balaban J connectivity index is 2.14. The lowest BCUT2D eigenvalue weighted by Gasteiger charge is -2.10. The zero-order valence-corrected chi connectivity index (χ0v) is 17.2. The van der Waals surface area contributed by atoms with Crippen LogP contribution in [0.2, 0.25) is 0 Å². The van der Waals surface area contributed by atoms with Crippen molar-refractivity contribution in [3.63, 3.8) is 0 Å². The van der Waals surface area contributed by atoms with Crippen LogP contribution in [0, 0.1) is 12.3 Å². The molecule has 0 heterocycles. The van der Waals surface area contributed by atoms with Crippen LogP contribution in [0.4, 0.5) is 5.69 Å². The van der Waals surface area contributed by atoms with Crippen LogP contribution in [0.3, 0.4) is 0 Å². The maximum atomic E-state index is 12.3. The first kappa shape index (κ1) is 22.5. The van der Waals surface area contributed by atoms with Crippen LogP contribution in [0.1, 0.15) is 15.9 Å². The summed E-state index contributed by atoms with van der Waals surface area (Å²) in [5.41, 5.74) is 0.850. The summed E-state index contributed by atoms with van der Waals surface area (Å²) >= 11 is 0. The first-order chi connectivity index (χ1) is 14.2. The maximum Gasteiger partial charge on any atom is 0.266 e. The summed E-state index contributed by atoms with van der Waals surface area (Å²) in [6, 6.07) is 11.1. The molecular formula is C21H20N2O6S. The summed E-state index contributed by atoms with van der Waals surface area (Å²) < 4.78 is 35.0. The predicted molar refractivity (Wildman–Crippen MR) is 114 cm³/mol. The Hall–Kier alpha value is -3.77. The second-order valence-electron chi connectivity index (χ2n) is 5.97. The van der Waals surface area contributed by atoms with E-state index in [2.05, 4.69) is 11.2 Å². The van der Waals surface area contributed by atoms with E-state index in [4.69, 9.17) is 15.9 Å². The van der Waals surface area contributed by atoms with Crippen molar-refractivity contribution < 1.29 is 27.5 Å². The molecule has 0 fully saturated rings. The Morgan fingerprint density at radius 3 is 2.57 bits per heavy atom. The number of rotatable bonds is 8. The molecule has 0 saturated heterocycles. The van der Waals surface area contributed by atoms with Gasteiger partial charge >= 0.3 is 0 Å². The lowest BCUT2D eigenvalue weighted by molar-refractivity contribution is -0.111. The van der Waals surface area contributed by atoms with Gasteiger partial charge in [0.1, 0.15) is 6.61 Å². The minimum Gasteiger partial charge on any atom is -0.493 e. The van der Waals surface area contributed by atoms with Gasteiger partial charge in [-0.1, -0.05) is 24.1 Å². The molecule has 0 aliphatic rings. The van der Waals surface area contributed by atoms with E-state index in [1.54, 1.807) is 36.4 Å². The van der Waals surface area contributed by atoms with E-state index >= 15 is 0 Å². The van der Waals surface area contributed by atoms with E-state index in [1.807, 2.05) is 4.72 Å². The van der Waals surface area contributed by atoms with Gasteiger partial charge in [-0.25, -0.2) is 13.1 Å². The highest BCUT2D eigenvalue weighted by molar-refractivity contribution is 7.89. The predicted octanol–water partition coefficient (Wildman–Crippen LogP) is 2.05. The summed E-state index contributed by atoms with van der Waals surface area (Å²) in [6.07, 6.45) is 8.85. The average Bonchev–Trinajstić information content (AvgIpc) is 2.70. The molecule has 30 heavy (non-hydrogen) atoms. The zero-order valence-electron chi connectivity index (χ0n) is 16.3. The third kappa shape index (κ3) is 6.68. The van der Waals surface area contributed by atoms with Gasteiger partial charge in [0.2, 0.25) is 15.9 Å². The van der Waals surface area contributed by atoms with E-state index in [-0.39, 0.29) is 17.9 Å². The molecule has 0 radical (unpaired) electrons. The van der Waals surface area contributed by atoms with Crippen molar-refractivity contribution in [2.75, 3.05) is 25.3 Å².